The molecule has 0 saturated carbocycles. The lowest BCUT2D eigenvalue weighted by Gasteiger charge is -2.08. The summed E-state index contributed by atoms with van der Waals surface area (Å²) in [5.41, 5.74) is 0.218. The third-order valence-corrected chi connectivity index (χ3v) is 4.36. The van der Waals surface area contributed by atoms with Gasteiger partial charge in [0, 0.05) is 11.4 Å². The fourth-order valence-corrected chi connectivity index (χ4v) is 3.11. The van der Waals surface area contributed by atoms with Crippen molar-refractivity contribution >= 4 is 44.6 Å². The summed E-state index contributed by atoms with van der Waals surface area (Å²) in [4.78, 5) is 13.0. The molecule has 7 heteroatoms. The maximum Gasteiger partial charge on any atom is 0.287 e. The summed E-state index contributed by atoms with van der Waals surface area (Å²) >= 11 is 11.1. The van der Waals surface area contributed by atoms with Gasteiger partial charge in [-0.3, -0.25) is 4.79 Å². The van der Waals surface area contributed by atoms with Crippen molar-refractivity contribution in [2.24, 2.45) is 0 Å². The van der Waals surface area contributed by atoms with Gasteiger partial charge in [0.25, 0.3) is 5.56 Å². The lowest BCUT2D eigenvalue weighted by Crippen LogP contribution is -2.23. The molecular formula is C12H11BrClN3OS. The third-order valence-electron chi connectivity index (χ3n) is 2.37. The van der Waals surface area contributed by atoms with Gasteiger partial charge < -0.3 is 5.32 Å². The summed E-state index contributed by atoms with van der Waals surface area (Å²) in [6.45, 7) is 4.51. The molecule has 2 rings (SSSR count). The first-order valence-electron chi connectivity index (χ1n) is 5.46. The van der Waals surface area contributed by atoms with Crippen LogP contribution in [0.1, 0.15) is 4.88 Å². The zero-order valence-electron chi connectivity index (χ0n) is 9.90. The first-order valence-corrected chi connectivity index (χ1v) is 7.45. The fraction of sp³-hybridized carbons (Fsp3) is 0.167. The molecule has 0 saturated heterocycles. The Balaban J connectivity index is 2.15. The van der Waals surface area contributed by atoms with Crippen LogP contribution in [0.2, 0.25) is 5.02 Å². The van der Waals surface area contributed by atoms with Gasteiger partial charge >= 0.3 is 0 Å². The number of hydrogen-bond acceptors (Lipinski definition) is 4. The Kier molecular flexibility index (Phi) is 4.79. The average molecular weight is 361 g/mol. The number of nitrogens with one attached hydrogen (secondary N) is 1. The number of rotatable bonds is 5. The third kappa shape index (κ3) is 3.46. The fourth-order valence-electron chi connectivity index (χ4n) is 1.47. The van der Waals surface area contributed by atoms with E-state index in [-0.39, 0.29) is 10.6 Å². The second-order valence-corrected chi connectivity index (χ2v) is 6.63. The molecule has 0 amide bonds. The van der Waals surface area contributed by atoms with Gasteiger partial charge in [0.05, 0.1) is 22.2 Å². The van der Waals surface area contributed by atoms with Crippen LogP contribution in [0.15, 0.2) is 39.6 Å². The minimum absolute atomic E-state index is 0.146. The highest BCUT2D eigenvalue weighted by molar-refractivity contribution is 9.11. The van der Waals surface area contributed by atoms with Crippen LogP contribution in [0.3, 0.4) is 0 Å². The maximum atomic E-state index is 11.9. The number of nitrogens with zero attached hydrogens (tertiary/aromatic N) is 2. The van der Waals surface area contributed by atoms with Crippen molar-refractivity contribution in [3.8, 4) is 0 Å². The molecule has 0 aliphatic heterocycles. The lowest BCUT2D eigenvalue weighted by molar-refractivity contribution is 0.653. The summed E-state index contributed by atoms with van der Waals surface area (Å²) in [5, 5.41) is 7.28. The molecule has 0 aromatic carbocycles. The van der Waals surface area contributed by atoms with E-state index < -0.39 is 0 Å². The number of allylic oxidation sites excluding steroid dienone is 1. The normalized spacial score (nSPS) is 10.4. The van der Waals surface area contributed by atoms with Crippen molar-refractivity contribution in [3.05, 3.63) is 55.0 Å². The lowest BCUT2D eigenvalue weighted by atomic mass is 10.4. The van der Waals surface area contributed by atoms with Crippen LogP contribution in [-0.2, 0) is 13.1 Å². The van der Waals surface area contributed by atoms with E-state index in [2.05, 4.69) is 32.9 Å². The molecule has 0 radical (unpaired) electrons. The predicted molar refractivity (Wildman–Crippen MR) is 83.0 cm³/mol. The summed E-state index contributed by atoms with van der Waals surface area (Å²) in [5.74, 6) is 0. The molecular weight excluding hydrogens is 350 g/mol. The SMILES string of the molecule is C=CCn1ncc(NCc2ccc(Br)s2)c(Cl)c1=O. The van der Waals surface area contributed by atoms with E-state index in [1.807, 2.05) is 12.1 Å². The Morgan fingerprint density at radius 1 is 1.58 bits per heavy atom. The van der Waals surface area contributed by atoms with Crippen LogP contribution in [0.4, 0.5) is 5.69 Å². The standard InChI is InChI=1S/C12H11BrClN3OS/c1-2-5-17-12(18)11(14)9(7-16-17)15-6-8-3-4-10(13)19-8/h2-4,7,15H,1,5-6H2. The molecule has 0 fully saturated rings. The molecule has 0 aliphatic carbocycles. The van der Waals surface area contributed by atoms with Crippen LogP contribution in [0.5, 0.6) is 0 Å². The molecule has 2 heterocycles. The molecule has 19 heavy (non-hydrogen) atoms. The van der Waals surface area contributed by atoms with Gasteiger partial charge in [-0.1, -0.05) is 17.7 Å². The molecule has 0 spiro atoms. The minimum atomic E-state index is -0.320. The Hall–Kier alpha value is -1.11. The topological polar surface area (TPSA) is 46.9 Å². The monoisotopic (exact) mass is 359 g/mol. The van der Waals surface area contributed by atoms with Crippen LogP contribution in [-0.4, -0.2) is 9.78 Å². The largest absolute Gasteiger partial charge is 0.377 e. The smallest absolute Gasteiger partial charge is 0.287 e. The van der Waals surface area contributed by atoms with E-state index in [1.165, 1.54) is 4.68 Å². The molecule has 0 bridgehead atoms. The number of thiophene rings is 1. The van der Waals surface area contributed by atoms with Crippen LogP contribution in [0.25, 0.3) is 0 Å². The summed E-state index contributed by atoms with van der Waals surface area (Å²) in [6, 6.07) is 3.98. The highest BCUT2D eigenvalue weighted by Crippen LogP contribution is 2.23. The highest BCUT2D eigenvalue weighted by Gasteiger charge is 2.08. The first-order chi connectivity index (χ1) is 9.11. The molecule has 1 N–H and O–H groups in total. The molecule has 0 unspecified atom stereocenters. The van der Waals surface area contributed by atoms with Crippen LogP contribution in [0, 0.1) is 0 Å². The van der Waals surface area contributed by atoms with Gasteiger partial charge in [-0.05, 0) is 28.1 Å². The molecule has 2 aromatic rings. The van der Waals surface area contributed by atoms with Crippen molar-refractivity contribution in [1.82, 2.24) is 9.78 Å². The summed E-state index contributed by atoms with van der Waals surface area (Å²) < 4.78 is 2.33. The van der Waals surface area contributed by atoms with E-state index in [0.29, 0.717) is 18.8 Å². The van der Waals surface area contributed by atoms with Gasteiger partial charge in [-0.25, -0.2) is 4.68 Å². The Labute approximate surface area is 127 Å². The van der Waals surface area contributed by atoms with E-state index >= 15 is 0 Å². The van der Waals surface area contributed by atoms with Gasteiger partial charge in [0.15, 0.2) is 0 Å². The van der Waals surface area contributed by atoms with Crippen molar-refractivity contribution < 1.29 is 0 Å². The van der Waals surface area contributed by atoms with Crippen molar-refractivity contribution in [1.29, 1.82) is 0 Å². The number of hydrogen-bond donors (Lipinski definition) is 1. The molecule has 100 valence electrons. The van der Waals surface area contributed by atoms with Gasteiger partial charge in [0.2, 0.25) is 0 Å². The summed E-state index contributed by atoms with van der Waals surface area (Å²) in [6.07, 6.45) is 3.15. The Morgan fingerprint density at radius 2 is 2.37 bits per heavy atom. The second-order valence-electron chi connectivity index (χ2n) is 3.71. The zero-order valence-corrected chi connectivity index (χ0v) is 13.1. The van der Waals surface area contributed by atoms with Gasteiger partial charge in [-0.15, -0.1) is 17.9 Å². The predicted octanol–water partition coefficient (Wildman–Crippen LogP) is 3.52. The summed E-state index contributed by atoms with van der Waals surface area (Å²) in [7, 11) is 0. The second kappa shape index (κ2) is 6.36. The van der Waals surface area contributed by atoms with Crippen molar-refractivity contribution in [2.45, 2.75) is 13.1 Å². The Bertz CT molecular complexity index is 653. The van der Waals surface area contributed by atoms with Gasteiger partial charge in [-0.2, -0.15) is 5.10 Å². The van der Waals surface area contributed by atoms with Crippen LogP contribution >= 0.6 is 38.9 Å². The number of halogens is 2. The molecule has 0 aliphatic rings. The minimum Gasteiger partial charge on any atom is -0.377 e. The highest BCUT2D eigenvalue weighted by atomic mass is 79.9. The quantitative estimate of drug-likeness (QED) is 0.830. The molecule has 2 aromatic heterocycles. The van der Waals surface area contributed by atoms with E-state index in [0.717, 1.165) is 8.66 Å². The van der Waals surface area contributed by atoms with E-state index in [4.69, 9.17) is 11.6 Å². The van der Waals surface area contributed by atoms with Crippen molar-refractivity contribution in [2.75, 3.05) is 5.32 Å². The molecule has 0 atom stereocenters. The maximum absolute atomic E-state index is 11.9. The molecule has 4 nitrogen and oxygen atoms in total. The number of anilines is 1. The average Bonchev–Trinajstić information content (AvgIpc) is 2.80. The number of aromatic nitrogens is 2. The van der Waals surface area contributed by atoms with E-state index in [9.17, 15) is 4.79 Å². The van der Waals surface area contributed by atoms with Crippen LogP contribution < -0.4 is 10.9 Å². The first kappa shape index (κ1) is 14.3. The van der Waals surface area contributed by atoms with E-state index in [1.54, 1.807) is 23.6 Å². The zero-order chi connectivity index (χ0) is 13.8. The van der Waals surface area contributed by atoms with Crippen molar-refractivity contribution in [3.63, 3.8) is 0 Å². The van der Waals surface area contributed by atoms with Gasteiger partial charge in [0.1, 0.15) is 5.02 Å². The Morgan fingerprint density at radius 3 is 3.00 bits per heavy atom.